The highest BCUT2D eigenvalue weighted by Gasteiger charge is 2.56. The standard InChI is InChI=1S/C51H75NO14/c1-10-36-21-29(2)20-30(3)22-43(62-8)46-44(63-9)24-32(5)51(60,66-46)47(55)48(56)52-19-12-11-16-38(52)50(59)65-45(33(6)39(53)27-40(36)54)31(4)23-34-17-18-41(42(26-34)61-7)64-28-35-14-13-15-37(25-35)49(57)58/h13-15,21,23,25,30,32-34,36,38-39,41-46,53,60H,10-12,16-20,22,24,26-28H2,1-9H3,(H,57,58). The SMILES string of the molecule is CCC1C=C(C)CC(C)CC(OC)C2OC(O)(C(=O)C(=O)N3CCCCC3C(=O)OC(C(C)=CC3CCC(OCc4cccc(C(=O)O)c4)C(OC)C3)C(C)C(O)CC1=O)C(C)CC2OC. The Morgan fingerprint density at radius 1 is 0.924 bits per heavy atom. The highest BCUT2D eigenvalue weighted by Crippen LogP contribution is 2.39. The highest BCUT2D eigenvalue weighted by molar-refractivity contribution is 6.39. The van der Waals surface area contributed by atoms with Crippen molar-refractivity contribution >= 4 is 29.4 Å². The zero-order chi connectivity index (χ0) is 48.5. The minimum absolute atomic E-state index is 0.0159. The monoisotopic (exact) mass is 926 g/mol. The van der Waals surface area contributed by atoms with Gasteiger partial charge < -0.3 is 48.6 Å². The lowest BCUT2D eigenvalue weighted by molar-refractivity contribution is -0.302. The zero-order valence-electron chi connectivity index (χ0n) is 40.4. The molecule has 3 aliphatic heterocycles. The number of benzene rings is 1. The maximum atomic E-state index is 14.5. The van der Waals surface area contributed by atoms with Crippen LogP contribution in [0.4, 0.5) is 0 Å². The molecule has 14 unspecified atom stereocenters. The zero-order valence-corrected chi connectivity index (χ0v) is 40.4. The largest absolute Gasteiger partial charge is 0.478 e. The fourth-order valence-corrected chi connectivity index (χ4v) is 10.6. The van der Waals surface area contributed by atoms with E-state index in [1.807, 2.05) is 45.9 Å². The Hall–Kier alpha value is -3.83. The molecular formula is C51H75NO14. The van der Waals surface area contributed by atoms with Crippen molar-refractivity contribution in [2.24, 2.45) is 29.6 Å². The number of hydrogen-bond donors (Lipinski definition) is 3. The minimum atomic E-state index is -2.53. The lowest BCUT2D eigenvalue weighted by atomic mass is 9.81. The number of fused-ring (bicyclic) bond motifs is 3. The Balaban J connectivity index is 1.46. The lowest BCUT2D eigenvalue weighted by Crippen LogP contribution is -2.64. The molecule has 1 saturated carbocycles. The molecule has 1 aromatic rings. The summed E-state index contributed by atoms with van der Waals surface area (Å²) < 4.78 is 36.6. The number of carboxylic acids is 1. The highest BCUT2D eigenvalue weighted by atomic mass is 16.7. The van der Waals surface area contributed by atoms with Crippen molar-refractivity contribution in [2.75, 3.05) is 27.9 Å². The molecule has 15 nitrogen and oxygen atoms in total. The van der Waals surface area contributed by atoms with Crippen molar-refractivity contribution in [1.82, 2.24) is 4.90 Å². The molecule has 1 aliphatic carbocycles. The number of ether oxygens (including phenoxy) is 6. The van der Waals surface area contributed by atoms with Crippen LogP contribution in [0.5, 0.6) is 0 Å². The second kappa shape index (κ2) is 23.9. The molecule has 15 heteroatoms. The molecular weight excluding hydrogens is 851 g/mol. The van der Waals surface area contributed by atoms with Crippen LogP contribution >= 0.6 is 0 Å². The Morgan fingerprint density at radius 2 is 1.62 bits per heavy atom. The molecule has 3 N–H and O–H groups in total. The number of amides is 1. The van der Waals surface area contributed by atoms with E-state index in [9.17, 15) is 39.3 Å². The van der Waals surface area contributed by atoms with E-state index in [2.05, 4.69) is 0 Å². The van der Waals surface area contributed by atoms with Crippen molar-refractivity contribution in [3.05, 3.63) is 58.7 Å². The van der Waals surface area contributed by atoms with Gasteiger partial charge in [0, 0.05) is 52.0 Å². The van der Waals surface area contributed by atoms with E-state index in [1.165, 1.54) is 25.2 Å². The van der Waals surface area contributed by atoms with Gasteiger partial charge in [0.05, 0.1) is 42.7 Å². The van der Waals surface area contributed by atoms with Gasteiger partial charge in [-0.05, 0) is 113 Å². The normalized spacial score (nSPS) is 36.2. The Bertz CT molecular complexity index is 1910. The maximum Gasteiger partial charge on any atom is 0.335 e. The predicted molar refractivity (Wildman–Crippen MR) is 244 cm³/mol. The van der Waals surface area contributed by atoms with E-state index in [1.54, 1.807) is 33.1 Å². The second-order valence-electron chi connectivity index (χ2n) is 19.4. The van der Waals surface area contributed by atoms with Crippen molar-refractivity contribution < 1.29 is 67.7 Å². The molecule has 368 valence electrons. The van der Waals surface area contributed by atoms with Gasteiger partial charge in [-0.25, -0.2) is 9.59 Å². The minimum Gasteiger partial charge on any atom is -0.478 e. The lowest BCUT2D eigenvalue weighted by Gasteiger charge is -2.47. The average molecular weight is 926 g/mol. The van der Waals surface area contributed by atoms with Crippen LogP contribution in [0.1, 0.15) is 128 Å². The Morgan fingerprint density at radius 3 is 2.29 bits per heavy atom. The summed E-state index contributed by atoms with van der Waals surface area (Å²) >= 11 is 0. The van der Waals surface area contributed by atoms with Gasteiger partial charge in [-0.3, -0.25) is 14.4 Å². The number of aliphatic hydroxyl groups is 2. The molecule has 0 radical (unpaired) electrons. The second-order valence-corrected chi connectivity index (χ2v) is 19.4. The van der Waals surface area contributed by atoms with Crippen LogP contribution in [0.15, 0.2) is 47.6 Å². The van der Waals surface area contributed by atoms with Crippen LogP contribution in [0.3, 0.4) is 0 Å². The van der Waals surface area contributed by atoms with Gasteiger partial charge in [0.15, 0.2) is 0 Å². The average Bonchev–Trinajstić information content (AvgIpc) is 3.30. The molecule has 4 aliphatic rings. The number of nitrogens with zero attached hydrogens (tertiary/aromatic N) is 1. The van der Waals surface area contributed by atoms with E-state index in [0.717, 1.165) is 11.1 Å². The van der Waals surface area contributed by atoms with Crippen LogP contribution in [0.25, 0.3) is 0 Å². The van der Waals surface area contributed by atoms with Crippen molar-refractivity contribution in [1.29, 1.82) is 0 Å². The molecule has 2 saturated heterocycles. The van der Waals surface area contributed by atoms with E-state index in [0.29, 0.717) is 56.9 Å². The number of aliphatic hydroxyl groups excluding tert-OH is 1. The maximum absolute atomic E-state index is 14.5. The summed E-state index contributed by atoms with van der Waals surface area (Å²) in [4.78, 5) is 69.9. The van der Waals surface area contributed by atoms with Crippen LogP contribution in [0.2, 0.25) is 0 Å². The van der Waals surface area contributed by atoms with Crippen LogP contribution < -0.4 is 0 Å². The van der Waals surface area contributed by atoms with Crippen molar-refractivity contribution in [3.63, 3.8) is 0 Å². The number of rotatable bonds is 10. The molecule has 2 bridgehead atoms. The van der Waals surface area contributed by atoms with Crippen LogP contribution in [0, 0.1) is 29.6 Å². The fraction of sp³-hybridized carbons (Fsp3) is 0.706. The number of piperidine rings is 1. The van der Waals surface area contributed by atoms with Crippen LogP contribution in [-0.4, -0.2) is 132 Å². The first kappa shape index (κ1) is 53.1. The molecule has 1 amide bonds. The van der Waals surface area contributed by atoms with Gasteiger partial charge in [0.1, 0.15) is 24.0 Å². The molecule has 3 fully saturated rings. The number of hydrogen-bond acceptors (Lipinski definition) is 13. The molecule has 14 atom stereocenters. The quantitative estimate of drug-likeness (QED) is 0.132. The summed E-state index contributed by atoms with van der Waals surface area (Å²) in [5.41, 5.74) is 2.54. The van der Waals surface area contributed by atoms with Gasteiger partial charge in [0.2, 0.25) is 5.79 Å². The molecule has 0 aromatic heterocycles. The van der Waals surface area contributed by atoms with Crippen molar-refractivity contribution in [2.45, 2.75) is 173 Å². The van der Waals surface area contributed by atoms with Gasteiger partial charge >= 0.3 is 11.9 Å². The number of cyclic esters (lactones) is 1. The summed E-state index contributed by atoms with van der Waals surface area (Å²) in [6.45, 7) is 11.4. The number of methoxy groups -OCH3 is 3. The number of Topliss-reactive ketones (excluding diaryl/α,β-unsaturated/α-hetero) is 2. The summed E-state index contributed by atoms with van der Waals surface area (Å²) in [5, 5.41) is 33.4. The van der Waals surface area contributed by atoms with E-state index in [4.69, 9.17) is 28.4 Å². The van der Waals surface area contributed by atoms with Crippen molar-refractivity contribution in [3.8, 4) is 0 Å². The molecule has 1 aromatic carbocycles. The van der Waals surface area contributed by atoms with Gasteiger partial charge in [-0.15, -0.1) is 0 Å². The number of ketones is 2. The molecule has 3 heterocycles. The number of allylic oxidation sites excluding steroid dienone is 3. The van der Waals surface area contributed by atoms with Gasteiger partial charge in [-0.2, -0.15) is 0 Å². The first-order valence-corrected chi connectivity index (χ1v) is 23.9. The number of aromatic carboxylic acids is 1. The first-order valence-electron chi connectivity index (χ1n) is 23.9. The summed E-state index contributed by atoms with van der Waals surface area (Å²) in [5.74, 6) is -8.75. The number of esters is 1. The van der Waals surface area contributed by atoms with E-state index in [-0.39, 0.29) is 67.8 Å². The topological polar surface area (TPSA) is 205 Å². The third-order valence-electron chi connectivity index (χ3n) is 14.5. The number of carbonyl (C=O) groups is 5. The third kappa shape index (κ3) is 12.8. The Kier molecular flexibility index (Phi) is 19.3. The predicted octanol–water partition coefficient (Wildman–Crippen LogP) is 6.40. The van der Waals surface area contributed by atoms with E-state index >= 15 is 0 Å². The molecule has 66 heavy (non-hydrogen) atoms. The summed E-state index contributed by atoms with van der Waals surface area (Å²) in [6.07, 6.45) is 3.94. The molecule has 0 spiro atoms. The Labute approximate surface area is 390 Å². The van der Waals surface area contributed by atoms with Gasteiger partial charge in [-0.1, -0.05) is 57.6 Å². The third-order valence-corrected chi connectivity index (χ3v) is 14.5. The smallest absolute Gasteiger partial charge is 0.335 e. The fourth-order valence-electron chi connectivity index (χ4n) is 10.6. The van der Waals surface area contributed by atoms with Crippen LogP contribution in [-0.2, 0) is 54.2 Å². The molecule has 5 rings (SSSR count). The summed E-state index contributed by atoms with van der Waals surface area (Å²) in [7, 11) is 4.67. The van der Waals surface area contributed by atoms with E-state index < -0.39 is 83.7 Å². The summed E-state index contributed by atoms with van der Waals surface area (Å²) in [6, 6.07) is 5.45. The number of carbonyl (C=O) groups excluding carboxylic acids is 4. The first-order chi connectivity index (χ1) is 31.3. The van der Waals surface area contributed by atoms with Gasteiger partial charge in [0.25, 0.3) is 11.7 Å². The number of carboxylic acid groups (broad SMARTS) is 1.